The molecule has 0 aliphatic heterocycles. The van der Waals surface area contributed by atoms with Crippen LogP contribution in [0.5, 0.6) is 5.75 Å². The Hall–Kier alpha value is -3.32. The van der Waals surface area contributed by atoms with E-state index in [1.807, 2.05) is 36.4 Å². The van der Waals surface area contributed by atoms with E-state index in [2.05, 4.69) is 19.2 Å². The lowest BCUT2D eigenvalue weighted by atomic mass is 10.0. The molecule has 0 atom stereocenters. The molecule has 0 spiro atoms. The van der Waals surface area contributed by atoms with Gasteiger partial charge in [0.2, 0.25) is 5.91 Å². The van der Waals surface area contributed by atoms with E-state index in [-0.39, 0.29) is 18.0 Å². The fourth-order valence-electron chi connectivity index (χ4n) is 3.29. The molecule has 0 radical (unpaired) electrons. The van der Waals surface area contributed by atoms with Gasteiger partial charge in [-0.15, -0.1) is 0 Å². The number of carbonyl (C=O) groups is 1. The van der Waals surface area contributed by atoms with E-state index in [0.29, 0.717) is 17.4 Å². The average molecular weight is 453 g/mol. The highest BCUT2D eigenvalue weighted by Crippen LogP contribution is 2.26. The van der Waals surface area contributed by atoms with Crippen molar-refractivity contribution in [3.05, 3.63) is 90.0 Å². The van der Waals surface area contributed by atoms with Crippen molar-refractivity contribution in [2.45, 2.75) is 31.2 Å². The molecule has 3 rings (SSSR count). The van der Waals surface area contributed by atoms with Crippen LogP contribution in [0.1, 0.15) is 30.9 Å². The molecule has 1 N–H and O–H groups in total. The van der Waals surface area contributed by atoms with Gasteiger partial charge in [0.1, 0.15) is 12.3 Å². The normalized spacial score (nSPS) is 11.2. The topological polar surface area (TPSA) is 75.7 Å². The van der Waals surface area contributed by atoms with Gasteiger partial charge >= 0.3 is 0 Å². The molecule has 0 aliphatic carbocycles. The number of carbonyl (C=O) groups excluding carboxylic acids is 1. The number of hydrogen-bond donors (Lipinski definition) is 1. The van der Waals surface area contributed by atoms with Gasteiger partial charge in [0.05, 0.1) is 17.7 Å². The van der Waals surface area contributed by atoms with E-state index >= 15 is 0 Å². The minimum absolute atomic E-state index is 0.130. The number of methoxy groups -OCH3 is 1. The zero-order chi connectivity index (χ0) is 23.1. The maximum absolute atomic E-state index is 13.4. The summed E-state index contributed by atoms with van der Waals surface area (Å²) in [5, 5.41) is 2.80. The molecule has 0 heterocycles. The molecule has 0 unspecified atom stereocenters. The van der Waals surface area contributed by atoms with Crippen molar-refractivity contribution in [3.63, 3.8) is 0 Å². The number of nitrogens with one attached hydrogen (secondary N) is 1. The van der Waals surface area contributed by atoms with Gasteiger partial charge in [-0.25, -0.2) is 8.42 Å². The van der Waals surface area contributed by atoms with Crippen LogP contribution in [0, 0.1) is 0 Å². The van der Waals surface area contributed by atoms with Crippen LogP contribution in [0.15, 0.2) is 83.8 Å². The molecule has 0 fully saturated rings. The number of rotatable bonds is 9. The molecule has 0 aliphatic rings. The smallest absolute Gasteiger partial charge is 0.264 e. The van der Waals surface area contributed by atoms with Crippen molar-refractivity contribution in [2.75, 3.05) is 18.0 Å². The van der Waals surface area contributed by atoms with Gasteiger partial charge in [0, 0.05) is 12.1 Å². The number of amides is 1. The Bertz CT molecular complexity index is 1140. The first kappa shape index (κ1) is 23.3. The zero-order valence-corrected chi connectivity index (χ0v) is 19.3. The third kappa shape index (κ3) is 5.48. The van der Waals surface area contributed by atoms with Gasteiger partial charge < -0.3 is 10.1 Å². The molecular formula is C25H28N2O4S. The van der Waals surface area contributed by atoms with Gasteiger partial charge in [-0.2, -0.15) is 0 Å². The Balaban J connectivity index is 1.86. The second-order valence-corrected chi connectivity index (χ2v) is 9.52. The van der Waals surface area contributed by atoms with Crippen LogP contribution in [0.25, 0.3) is 0 Å². The lowest BCUT2D eigenvalue weighted by Crippen LogP contribution is -2.40. The van der Waals surface area contributed by atoms with Crippen molar-refractivity contribution in [1.82, 2.24) is 5.32 Å². The standard InChI is InChI=1S/C25H28N2O4S/c1-19(2)20-13-15-22(16-14-20)27(32(29,30)23-10-5-4-6-11-23)18-25(28)26-17-21-9-7-8-12-24(21)31-3/h4-16,19H,17-18H2,1-3H3,(H,26,28). The van der Waals surface area contributed by atoms with Gasteiger partial charge in [-0.1, -0.05) is 62.4 Å². The van der Waals surface area contributed by atoms with Crippen LogP contribution >= 0.6 is 0 Å². The number of para-hydroxylation sites is 1. The predicted molar refractivity (Wildman–Crippen MR) is 126 cm³/mol. The molecule has 32 heavy (non-hydrogen) atoms. The minimum atomic E-state index is -3.93. The van der Waals surface area contributed by atoms with E-state index in [0.717, 1.165) is 15.4 Å². The zero-order valence-electron chi connectivity index (χ0n) is 18.5. The lowest BCUT2D eigenvalue weighted by Gasteiger charge is -2.24. The number of ether oxygens (including phenoxy) is 1. The lowest BCUT2D eigenvalue weighted by molar-refractivity contribution is -0.119. The first-order valence-corrected chi connectivity index (χ1v) is 11.8. The van der Waals surface area contributed by atoms with Crippen molar-refractivity contribution < 1.29 is 17.9 Å². The Kier molecular flexibility index (Phi) is 7.53. The highest BCUT2D eigenvalue weighted by atomic mass is 32.2. The van der Waals surface area contributed by atoms with Crippen LogP contribution in [-0.4, -0.2) is 28.0 Å². The molecule has 0 aromatic heterocycles. The van der Waals surface area contributed by atoms with E-state index in [1.54, 1.807) is 37.4 Å². The first-order valence-electron chi connectivity index (χ1n) is 10.4. The quantitative estimate of drug-likeness (QED) is 0.524. The summed E-state index contributed by atoms with van der Waals surface area (Å²) >= 11 is 0. The number of hydrogen-bond acceptors (Lipinski definition) is 4. The molecule has 7 heteroatoms. The molecular weight excluding hydrogens is 424 g/mol. The van der Waals surface area contributed by atoms with E-state index in [4.69, 9.17) is 4.74 Å². The van der Waals surface area contributed by atoms with Gasteiger partial charge in [0.25, 0.3) is 10.0 Å². The van der Waals surface area contributed by atoms with Crippen LogP contribution in [-0.2, 0) is 21.4 Å². The Labute approximate surface area is 189 Å². The maximum atomic E-state index is 13.4. The summed E-state index contributed by atoms with van der Waals surface area (Å²) in [6.45, 7) is 4.03. The maximum Gasteiger partial charge on any atom is 0.264 e. The third-order valence-corrected chi connectivity index (χ3v) is 6.92. The molecule has 0 saturated heterocycles. The largest absolute Gasteiger partial charge is 0.496 e. The Morgan fingerprint density at radius 3 is 2.19 bits per heavy atom. The van der Waals surface area contributed by atoms with Crippen molar-refractivity contribution in [1.29, 1.82) is 0 Å². The predicted octanol–water partition coefficient (Wildman–Crippen LogP) is 4.33. The number of nitrogens with zero attached hydrogens (tertiary/aromatic N) is 1. The molecule has 1 amide bonds. The molecule has 0 saturated carbocycles. The number of anilines is 1. The fourth-order valence-corrected chi connectivity index (χ4v) is 4.73. The fraction of sp³-hybridized carbons (Fsp3) is 0.240. The highest BCUT2D eigenvalue weighted by molar-refractivity contribution is 7.92. The summed E-state index contributed by atoms with van der Waals surface area (Å²) in [7, 11) is -2.37. The highest BCUT2D eigenvalue weighted by Gasteiger charge is 2.27. The molecule has 168 valence electrons. The third-order valence-electron chi connectivity index (χ3n) is 5.13. The van der Waals surface area contributed by atoms with Gasteiger partial charge in [0.15, 0.2) is 0 Å². The van der Waals surface area contributed by atoms with Crippen LogP contribution < -0.4 is 14.4 Å². The number of benzene rings is 3. The summed E-state index contributed by atoms with van der Waals surface area (Å²) in [5.41, 5.74) is 2.33. The van der Waals surface area contributed by atoms with Crippen molar-refractivity contribution in [3.8, 4) is 5.75 Å². The van der Waals surface area contributed by atoms with Gasteiger partial charge in [-0.05, 0) is 41.8 Å². The van der Waals surface area contributed by atoms with Crippen molar-refractivity contribution in [2.24, 2.45) is 0 Å². The molecule has 3 aromatic rings. The summed E-state index contributed by atoms with van der Waals surface area (Å²) in [6, 6.07) is 22.7. The average Bonchev–Trinajstić information content (AvgIpc) is 2.82. The van der Waals surface area contributed by atoms with Crippen LogP contribution in [0.3, 0.4) is 0 Å². The van der Waals surface area contributed by atoms with Crippen LogP contribution in [0.2, 0.25) is 0 Å². The van der Waals surface area contributed by atoms with Gasteiger partial charge in [-0.3, -0.25) is 9.10 Å². The summed E-state index contributed by atoms with van der Waals surface area (Å²) in [6.07, 6.45) is 0. The Morgan fingerprint density at radius 2 is 1.56 bits per heavy atom. The van der Waals surface area contributed by atoms with E-state index in [9.17, 15) is 13.2 Å². The second kappa shape index (κ2) is 10.3. The first-order chi connectivity index (χ1) is 15.3. The summed E-state index contributed by atoms with van der Waals surface area (Å²) in [4.78, 5) is 12.9. The van der Waals surface area contributed by atoms with Crippen molar-refractivity contribution >= 4 is 21.6 Å². The minimum Gasteiger partial charge on any atom is -0.496 e. The SMILES string of the molecule is COc1ccccc1CNC(=O)CN(c1ccc(C(C)C)cc1)S(=O)(=O)c1ccccc1. The monoisotopic (exact) mass is 452 g/mol. The second-order valence-electron chi connectivity index (χ2n) is 7.66. The Morgan fingerprint density at radius 1 is 0.938 bits per heavy atom. The summed E-state index contributed by atoms with van der Waals surface area (Å²) in [5.74, 6) is 0.557. The molecule has 6 nitrogen and oxygen atoms in total. The summed E-state index contributed by atoms with van der Waals surface area (Å²) < 4.78 is 33.2. The molecule has 0 bridgehead atoms. The van der Waals surface area contributed by atoms with E-state index in [1.165, 1.54) is 12.1 Å². The number of sulfonamides is 1. The van der Waals surface area contributed by atoms with Crippen LogP contribution in [0.4, 0.5) is 5.69 Å². The molecule has 3 aromatic carbocycles. The van der Waals surface area contributed by atoms with E-state index < -0.39 is 15.9 Å².